The highest BCUT2D eigenvalue weighted by Crippen LogP contribution is 2.22. The number of carbonyl (C=O) groups excluding carboxylic acids is 1. The van der Waals surface area contributed by atoms with Gasteiger partial charge >= 0.3 is 5.97 Å². The molecule has 3 nitrogen and oxygen atoms in total. The minimum atomic E-state index is -0.449. The summed E-state index contributed by atoms with van der Waals surface area (Å²) in [7, 11) is 0. The zero-order valence-electron chi connectivity index (χ0n) is 8.74. The van der Waals surface area contributed by atoms with Crippen LogP contribution in [0.25, 0.3) is 10.9 Å². The van der Waals surface area contributed by atoms with E-state index >= 15 is 0 Å². The smallest absolute Gasteiger partial charge is 0.356 e. The molecule has 0 aliphatic heterocycles. The number of para-hydroxylation sites is 1. The van der Waals surface area contributed by atoms with Gasteiger partial charge in [-0.2, -0.15) is 0 Å². The number of halogens is 1. The maximum absolute atomic E-state index is 11.5. The summed E-state index contributed by atoms with van der Waals surface area (Å²) in [6.07, 6.45) is 0. The first kappa shape index (κ1) is 10.9. The fourth-order valence-corrected chi connectivity index (χ4v) is 1.71. The molecule has 0 radical (unpaired) electrons. The molecule has 2 rings (SSSR count). The minimum Gasteiger partial charge on any atom is -0.461 e. The van der Waals surface area contributed by atoms with Crippen LogP contribution in [0.1, 0.15) is 17.4 Å². The van der Waals surface area contributed by atoms with Crippen molar-refractivity contribution in [3.8, 4) is 0 Å². The van der Waals surface area contributed by atoms with Gasteiger partial charge in [-0.05, 0) is 19.1 Å². The molecular formula is C12H10ClNO2. The van der Waals surface area contributed by atoms with Crippen LogP contribution in [0.5, 0.6) is 0 Å². The number of esters is 1. The van der Waals surface area contributed by atoms with Crippen molar-refractivity contribution in [3.05, 3.63) is 41.0 Å². The van der Waals surface area contributed by atoms with E-state index in [0.717, 1.165) is 5.39 Å². The molecule has 2 aromatic rings. The number of pyridine rings is 1. The number of carbonyl (C=O) groups is 1. The van der Waals surface area contributed by atoms with Crippen molar-refractivity contribution in [2.24, 2.45) is 0 Å². The first-order valence-electron chi connectivity index (χ1n) is 4.94. The second kappa shape index (κ2) is 4.49. The third-order valence-electron chi connectivity index (χ3n) is 2.15. The van der Waals surface area contributed by atoms with Crippen molar-refractivity contribution >= 4 is 28.5 Å². The highest BCUT2D eigenvalue weighted by atomic mass is 35.5. The Morgan fingerprint density at radius 2 is 2.19 bits per heavy atom. The van der Waals surface area contributed by atoms with Gasteiger partial charge in [-0.3, -0.25) is 0 Å². The van der Waals surface area contributed by atoms with Gasteiger partial charge in [0.2, 0.25) is 0 Å². The van der Waals surface area contributed by atoms with Crippen LogP contribution in [0.15, 0.2) is 30.3 Å². The van der Waals surface area contributed by atoms with Crippen molar-refractivity contribution in [2.45, 2.75) is 6.92 Å². The number of nitrogens with zero attached hydrogens (tertiary/aromatic N) is 1. The molecule has 1 aromatic heterocycles. The SMILES string of the molecule is CCOC(=O)c1cc(Cl)c2ccccc2n1. The summed E-state index contributed by atoms with van der Waals surface area (Å²) in [6.45, 7) is 2.07. The van der Waals surface area contributed by atoms with Gasteiger partial charge in [0.25, 0.3) is 0 Å². The molecule has 0 saturated carbocycles. The number of hydrogen-bond donors (Lipinski definition) is 0. The molecule has 0 bridgehead atoms. The Hall–Kier alpha value is -1.61. The monoisotopic (exact) mass is 235 g/mol. The summed E-state index contributed by atoms with van der Waals surface area (Å²) in [5.41, 5.74) is 0.934. The average Bonchev–Trinajstić information content (AvgIpc) is 2.29. The van der Waals surface area contributed by atoms with E-state index in [9.17, 15) is 4.79 Å². The van der Waals surface area contributed by atoms with Crippen molar-refractivity contribution in [1.29, 1.82) is 0 Å². The first-order valence-corrected chi connectivity index (χ1v) is 5.32. The van der Waals surface area contributed by atoms with Gasteiger partial charge in [-0.25, -0.2) is 9.78 Å². The quantitative estimate of drug-likeness (QED) is 0.751. The van der Waals surface area contributed by atoms with E-state index in [1.807, 2.05) is 24.3 Å². The van der Waals surface area contributed by atoms with Crippen LogP contribution in [0.4, 0.5) is 0 Å². The predicted octanol–water partition coefficient (Wildman–Crippen LogP) is 3.06. The largest absolute Gasteiger partial charge is 0.461 e. The normalized spacial score (nSPS) is 10.4. The lowest BCUT2D eigenvalue weighted by Crippen LogP contribution is -2.07. The molecule has 0 atom stereocenters. The van der Waals surface area contributed by atoms with Crippen molar-refractivity contribution < 1.29 is 9.53 Å². The van der Waals surface area contributed by atoms with E-state index in [1.54, 1.807) is 6.92 Å². The zero-order chi connectivity index (χ0) is 11.5. The van der Waals surface area contributed by atoms with Crippen LogP contribution in [0, 0.1) is 0 Å². The average molecular weight is 236 g/mol. The predicted molar refractivity (Wildman–Crippen MR) is 62.7 cm³/mol. The Balaban J connectivity index is 2.53. The molecule has 0 unspecified atom stereocenters. The van der Waals surface area contributed by atoms with Gasteiger partial charge in [-0.15, -0.1) is 0 Å². The van der Waals surface area contributed by atoms with Crippen molar-refractivity contribution in [1.82, 2.24) is 4.98 Å². The van der Waals surface area contributed by atoms with Crippen LogP contribution < -0.4 is 0 Å². The lowest BCUT2D eigenvalue weighted by molar-refractivity contribution is 0.0520. The summed E-state index contributed by atoms with van der Waals surface area (Å²) in [4.78, 5) is 15.7. The van der Waals surface area contributed by atoms with E-state index in [1.165, 1.54) is 6.07 Å². The third-order valence-corrected chi connectivity index (χ3v) is 2.46. The van der Waals surface area contributed by atoms with Gasteiger partial charge in [-0.1, -0.05) is 29.8 Å². The second-order valence-corrected chi connectivity index (χ2v) is 3.63. The lowest BCUT2D eigenvalue weighted by atomic mass is 10.2. The van der Waals surface area contributed by atoms with Gasteiger partial charge in [0, 0.05) is 5.39 Å². The van der Waals surface area contributed by atoms with E-state index in [0.29, 0.717) is 17.1 Å². The number of ether oxygens (including phenoxy) is 1. The standard InChI is InChI=1S/C12H10ClNO2/c1-2-16-12(15)11-7-9(13)8-5-3-4-6-10(8)14-11/h3-7H,2H2,1H3. The summed E-state index contributed by atoms with van der Waals surface area (Å²) >= 11 is 6.06. The number of benzene rings is 1. The van der Waals surface area contributed by atoms with Crippen LogP contribution in [-0.4, -0.2) is 17.6 Å². The summed E-state index contributed by atoms with van der Waals surface area (Å²) in [5.74, 6) is -0.449. The molecule has 16 heavy (non-hydrogen) atoms. The molecule has 0 N–H and O–H groups in total. The summed E-state index contributed by atoms with van der Waals surface area (Å²) in [6, 6.07) is 8.92. The number of hydrogen-bond acceptors (Lipinski definition) is 3. The first-order chi connectivity index (χ1) is 7.72. The Morgan fingerprint density at radius 3 is 2.94 bits per heavy atom. The molecule has 0 spiro atoms. The van der Waals surface area contributed by atoms with E-state index in [-0.39, 0.29) is 5.69 Å². The van der Waals surface area contributed by atoms with Crippen molar-refractivity contribution in [3.63, 3.8) is 0 Å². The Bertz CT molecular complexity index is 540. The highest BCUT2D eigenvalue weighted by molar-refractivity contribution is 6.35. The van der Waals surface area contributed by atoms with Gasteiger partial charge in [0.1, 0.15) is 0 Å². The van der Waals surface area contributed by atoms with Crippen molar-refractivity contribution in [2.75, 3.05) is 6.61 Å². The third kappa shape index (κ3) is 1.99. The molecule has 0 aliphatic carbocycles. The van der Waals surface area contributed by atoms with Crippen LogP contribution >= 0.6 is 11.6 Å². The van der Waals surface area contributed by atoms with Crippen LogP contribution in [-0.2, 0) is 4.74 Å². The Labute approximate surface area is 98.0 Å². The van der Waals surface area contributed by atoms with Gasteiger partial charge in [0.05, 0.1) is 17.1 Å². The number of aromatic nitrogens is 1. The molecule has 1 aromatic carbocycles. The molecular weight excluding hydrogens is 226 g/mol. The topological polar surface area (TPSA) is 39.2 Å². The maximum Gasteiger partial charge on any atom is 0.356 e. The Morgan fingerprint density at radius 1 is 1.44 bits per heavy atom. The van der Waals surface area contributed by atoms with Crippen LogP contribution in [0.2, 0.25) is 5.02 Å². The summed E-state index contributed by atoms with van der Waals surface area (Å²) < 4.78 is 4.87. The summed E-state index contributed by atoms with van der Waals surface area (Å²) in [5, 5.41) is 1.34. The molecule has 4 heteroatoms. The fraction of sp³-hybridized carbons (Fsp3) is 0.167. The number of fused-ring (bicyclic) bond motifs is 1. The Kier molecular flexibility index (Phi) is 3.06. The highest BCUT2D eigenvalue weighted by Gasteiger charge is 2.11. The molecule has 0 fully saturated rings. The molecule has 0 saturated heterocycles. The molecule has 0 amide bonds. The van der Waals surface area contributed by atoms with E-state index in [2.05, 4.69) is 4.98 Å². The van der Waals surface area contributed by atoms with Crippen LogP contribution in [0.3, 0.4) is 0 Å². The van der Waals surface area contributed by atoms with Gasteiger partial charge < -0.3 is 4.74 Å². The minimum absolute atomic E-state index is 0.241. The molecule has 82 valence electrons. The second-order valence-electron chi connectivity index (χ2n) is 3.23. The maximum atomic E-state index is 11.5. The zero-order valence-corrected chi connectivity index (χ0v) is 9.49. The number of rotatable bonds is 2. The van der Waals surface area contributed by atoms with E-state index < -0.39 is 5.97 Å². The van der Waals surface area contributed by atoms with E-state index in [4.69, 9.17) is 16.3 Å². The van der Waals surface area contributed by atoms with Gasteiger partial charge in [0.15, 0.2) is 5.69 Å². The fourth-order valence-electron chi connectivity index (χ4n) is 1.44. The molecule has 1 heterocycles. The lowest BCUT2D eigenvalue weighted by Gasteiger charge is -2.04. The molecule has 0 aliphatic rings.